The average molecular weight is 337 g/mol. The maximum Gasteiger partial charge on any atom is 0.328 e. The van der Waals surface area contributed by atoms with Crippen LogP contribution in [0.1, 0.15) is 28.1 Å². The van der Waals surface area contributed by atoms with Gasteiger partial charge in [0.05, 0.1) is 0 Å². The summed E-state index contributed by atoms with van der Waals surface area (Å²) in [4.78, 5) is 35.0. The summed E-state index contributed by atoms with van der Waals surface area (Å²) >= 11 is 0. The molecule has 1 saturated heterocycles. The van der Waals surface area contributed by atoms with Gasteiger partial charge in [-0.15, -0.1) is 0 Å². The third-order valence-electron chi connectivity index (χ3n) is 4.32. The van der Waals surface area contributed by atoms with Crippen LogP contribution in [0.25, 0.3) is 11.8 Å². The van der Waals surface area contributed by atoms with Crippen LogP contribution in [0, 0.1) is 27.7 Å². The lowest BCUT2D eigenvalue weighted by atomic mass is 10.1. The Hall–Kier alpha value is -3.15. The molecule has 6 nitrogen and oxygen atoms in total. The van der Waals surface area contributed by atoms with Crippen molar-refractivity contribution < 1.29 is 14.4 Å². The van der Waals surface area contributed by atoms with E-state index in [1.165, 1.54) is 6.08 Å². The second-order valence-electron chi connectivity index (χ2n) is 6.25. The normalized spacial score (nSPS) is 14.4. The highest BCUT2D eigenvalue weighted by Gasteiger charge is 2.28. The third kappa shape index (κ3) is 2.98. The van der Waals surface area contributed by atoms with Crippen molar-refractivity contribution in [1.82, 2.24) is 15.2 Å². The fourth-order valence-electron chi connectivity index (χ4n) is 3.03. The molecule has 4 amide bonds. The van der Waals surface area contributed by atoms with Gasteiger partial charge in [-0.2, -0.15) is 0 Å². The molecule has 2 N–H and O–H groups in total. The summed E-state index contributed by atoms with van der Waals surface area (Å²) in [5, 5.41) is 4.17. The molecule has 0 aliphatic carbocycles. The fraction of sp³-hybridized carbons (Fsp3) is 0.211. The minimum atomic E-state index is -0.798. The van der Waals surface area contributed by atoms with E-state index in [1.54, 1.807) is 0 Å². The van der Waals surface area contributed by atoms with Crippen LogP contribution in [0.3, 0.4) is 0 Å². The molecule has 2 heterocycles. The summed E-state index contributed by atoms with van der Waals surface area (Å²) in [5.74, 6) is -1.38. The predicted molar refractivity (Wildman–Crippen MR) is 94.4 cm³/mol. The third-order valence-corrected chi connectivity index (χ3v) is 4.32. The number of nitrogens with one attached hydrogen (secondary N) is 2. The predicted octanol–water partition coefficient (Wildman–Crippen LogP) is 2.46. The summed E-state index contributed by atoms with van der Waals surface area (Å²) in [7, 11) is 0. The van der Waals surface area contributed by atoms with E-state index < -0.39 is 17.8 Å². The summed E-state index contributed by atoms with van der Waals surface area (Å²) < 4.78 is 2.10. The lowest BCUT2D eigenvalue weighted by molar-refractivity contribution is -0.123. The van der Waals surface area contributed by atoms with Gasteiger partial charge in [0.1, 0.15) is 5.57 Å². The smallest absolute Gasteiger partial charge is 0.318 e. The average Bonchev–Trinajstić information content (AvgIpc) is 2.80. The number of hydrogen-bond acceptors (Lipinski definition) is 3. The molecule has 1 aromatic carbocycles. The Morgan fingerprint density at radius 2 is 1.56 bits per heavy atom. The number of hydrogen-bond donors (Lipinski definition) is 2. The van der Waals surface area contributed by atoms with Gasteiger partial charge in [0, 0.05) is 17.1 Å². The van der Waals surface area contributed by atoms with Gasteiger partial charge >= 0.3 is 6.03 Å². The van der Waals surface area contributed by atoms with Gasteiger partial charge in [0.2, 0.25) is 0 Å². The number of amides is 4. The molecule has 128 valence electrons. The zero-order valence-corrected chi connectivity index (χ0v) is 14.6. The molecular formula is C19H19N3O3. The molecule has 1 aromatic heterocycles. The van der Waals surface area contributed by atoms with Gasteiger partial charge in [-0.3, -0.25) is 20.2 Å². The number of rotatable bonds is 2. The number of barbiturate groups is 1. The van der Waals surface area contributed by atoms with Gasteiger partial charge in [-0.25, -0.2) is 4.79 Å². The van der Waals surface area contributed by atoms with Gasteiger partial charge in [-0.05, 0) is 62.6 Å². The molecule has 6 heteroatoms. The van der Waals surface area contributed by atoms with E-state index in [0.29, 0.717) is 0 Å². The number of carbonyl (C=O) groups is 3. The Morgan fingerprint density at radius 1 is 0.920 bits per heavy atom. The van der Waals surface area contributed by atoms with Crippen LogP contribution in [-0.2, 0) is 9.59 Å². The highest BCUT2D eigenvalue weighted by atomic mass is 16.2. The quantitative estimate of drug-likeness (QED) is 0.652. The number of carbonyl (C=O) groups excluding carboxylic acids is 3. The minimum absolute atomic E-state index is 0.0826. The maximum atomic E-state index is 11.9. The van der Waals surface area contributed by atoms with E-state index in [-0.39, 0.29) is 5.57 Å². The Balaban J connectivity index is 2.11. The van der Waals surface area contributed by atoms with Crippen LogP contribution in [-0.4, -0.2) is 22.4 Å². The van der Waals surface area contributed by atoms with E-state index in [0.717, 1.165) is 33.8 Å². The Labute approximate surface area is 145 Å². The second kappa shape index (κ2) is 6.05. The van der Waals surface area contributed by atoms with E-state index in [4.69, 9.17) is 0 Å². The van der Waals surface area contributed by atoms with Crippen molar-refractivity contribution in [3.63, 3.8) is 0 Å². The van der Waals surface area contributed by atoms with Crippen molar-refractivity contribution in [2.24, 2.45) is 0 Å². The number of nitrogens with zero attached hydrogens (tertiary/aromatic N) is 1. The number of urea groups is 1. The van der Waals surface area contributed by atoms with E-state index in [1.807, 2.05) is 33.8 Å². The zero-order valence-electron chi connectivity index (χ0n) is 14.6. The molecule has 1 aliphatic heterocycles. The molecule has 2 aromatic rings. The summed E-state index contributed by atoms with van der Waals surface area (Å²) in [6.45, 7) is 7.99. The maximum absolute atomic E-state index is 11.9. The van der Waals surface area contributed by atoms with Crippen molar-refractivity contribution in [2.75, 3.05) is 0 Å². The van der Waals surface area contributed by atoms with E-state index >= 15 is 0 Å². The first-order chi connectivity index (χ1) is 11.8. The first-order valence-corrected chi connectivity index (χ1v) is 7.93. The van der Waals surface area contributed by atoms with Crippen molar-refractivity contribution >= 4 is 23.9 Å². The summed E-state index contributed by atoms with van der Waals surface area (Å²) in [6, 6.07) is 7.35. The number of imide groups is 2. The molecule has 0 bridgehead atoms. The SMILES string of the molecule is Cc1ccc(C)c(-n2c(C)cc(C=C3C(=O)NC(=O)NC3=O)c2C)c1. The monoisotopic (exact) mass is 337 g/mol. The molecule has 1 fully saturated rings. The molecule has 25 heavy (non-hydrogen) atoms. The van der Waals surface area contributed by atoms with E-state index in [9.17, 15) is 14.4 Å². The zero-order chi connectivity index (χ0) is 18.3. The first-order valence-electron chi connectivity index (χ1n) is 7.93. The second-order valence-corrected chi connectivity index (χ2v) is 6.25. The van der Waals surface area contributed by atoms with Crippen LogP contribution < -0.4 is 10.6 Å². The minimum Gasteiger partial charge on any atom is -0.318 e. The molecule has 0 saturated carbocycles. The largest absolute Gasteiger partial charge is 0.328 e. The van der Waals surface area contributed by atoms with Crippen LogP contribution >= 0.6 is 0 Å². The van der Waals surface area contributed by atoms with E-state index in [2.05, 4.69) is 33.4 Å². The highest BCUT2D eigenvalue weighted by Crippen LogP contribution is 2.26. The Morgan fingerprint density at radius 3 is 2.20 bits per heavy atom. The lowest BCUT2D eigenvalue weighted by Crippen LogP contribution is -2.51. The standard InChI is InChI=1S/C19H19N3O3/c1-10-5-6-11(2)16(7-10)22-12(3)8-14(13(22)4)9-15-17(23)20-19(25)21-18(15)24/h5-9H,1-4H3,(H2,20,21,23,24,25). The van der Waals surface area contributed by atoms with Gasteiger partial charge < -0.3 is 4.57 Å². The van der Waals surface area contributed by atoms with Crippen LogP contribution in [0.15, 0.2) is 29.8 Å². The number of benzene rings is 1. The lowest BCUT2D eigenvalue weighted by Gasteiger charge is -2.15. The van der Waals surface area contributed by atoms with Crippen molar-refractivity contribution in [1.29, 1.82) is 0 Å². The first kappa shape index (κ1) is 16.7. The van der Waals surface area contributed by atoms with Gasteiger partial charge in [0.15, 0.2) is 0 Å². The van der Waals surface area contributed by atoms with Gasteiger partial charge in [-0.1, -0.05) is 12.1 Å². The van der Waals surface area contributed by atoms with Crippen molar-refractivity contribution in [3.8, 4) is 5.69 Å². The Bertz CT molecular complexity index is 929. The van der Waals surface area contributed by atoms with Crippen LogP contribution in [0.5, 0.6) is 0 Å². The molecule has 0 spiro atoms. The molecular weight excluding hydrogens is 318 g/mol. The fourth-order valence-corrected chi connectivity index (χ4v) is 3.03. The van der Waals surface area contributed by atoms with Crippen LogP contribution in [0.2, 0.25) is 0 Å². The molecule has 1 aliphatic rings. The number of aryl methyl sites for hydroxylation is 3. The molecule has 0 unspecified atom stereocenters. The topological polar surface area (TPSA) is 80.2 Å². The molecule has 0 atom stereocenters. The summed E-state index contributed by atoms with van der Waals surface area (Å²) in [5.41, 5.74) is 5.92. The summed E-state index contributed by atoms with van der Waals surface area (Å²) in [6.07, 6.45) is 1.51. The molecule has 3 rings (SSSR count). The number of aromatic nitrogens is 1. The van der Waals surface area contributed by atoms with Crippen molar-refractivity contribution in [3.05, 3.63) is 57.9 Å². The van der Waals surface area contributed by atoms with Crippen LogP contribution in [0.4, 0.5) is 4.79 Å². The molecule has 0 radical (unpaired) electrons. The van der Waals surface area contributed by atoms with Gasteiger partial charge in [0.25, 0.3) is 11.8 Å². The Kier molecular flexibility index (Phi) is 4.04. The highest BCUT2D eigenvalue weighted by molar-refractivity contribution is 6.31. The van der Waals surface area contributed by atoms with Crippen molar-refractivity contribution in [2.45, 2.75) is 27.7 Å².